The maximum Gasteiger partial charge on any atom is 0.326 e. The van der Waals surface area contributed by atoms with Gasteiger partial charge in [-0.25, -0.2) is 4.79 Å². The van der Waals surface area contributed by atoms with E-state index in [0.717, 1.165) is 0 Å². The van der Waals surface area contributed by atoms with E-state index in [-0.39, 0.29) is 44.4 Å². The van der Waals surface area contributed by atoms with Crippen molar-refractivity contribution in [3.63, 3.8) is 0 Å². The smallest absolute Gasteiger partial charge is 0.326 e. The van der Waals surface area contributed by atoms with Gasteiger partial charge in [0.2, 0.25) is 29.5 Å². The second-order valence-corrected chi connectivity index (χ2v) is 9.05. The standard InChI is InChI=1S/C22H41N7O7/c1-12(2)11-16(29-19(32)13(24)6-8-17(25)30)21(34)27-14(7-9-18(26)31)20(33)28-15(22(35)36)5-3-4-10-23/h12-16H,3-11,23-24H2,1-2H3,(H2,25,30)(H2,26,31)(H,27,34)(H,28,33)(H,29,32)(H,35,36). The average Bonchev–Trinajstić information content (AvgIpc) is 2.78. The van der Waals surface area contributed by atoms with Crippen LogP contribution in [-0.2, 0) is 28.8 Å². The van der Waals surface area contributed by atoms with Gasteiger partial charge >= 0.3 is 5.97 Å². The van der Waals surface area contributed by atoms with E-state index in [1.165, 1.54) is 0 Å². The van der Waals surface area contributed by atoms with E-state index in [9.17, 15) is 33.9 Å². The fourth-order valence-electron chi connectivity index (χ4n) is 3.26. The molecular weight excluding hydrogens is 474 g/mol. The molecule has 0 heterocycles. The molecule has 0 aromatic carbocycles. The Labute approximate surface area is 210 Å². The molecule has 0 rings (SSSR count). The number of hydrogen-bond acceptors (Lipinski definition) is 8. The first-order valence-electron chi connectivity index (χ1n) is 11.9. The first-order valence-corrected chi connectivity index (χ1v) is 11.9. The summed E-state index contributed by atoms with van der Waals surface area (Å²) >= 11 is 0. The summed E-state index contributed by atoms with van der Waals surface area (Å²) in [6.45, 7) is 4.00. The van der Waals surface area contributed by atoms with Crippen LogP contribution in [0.25, 0.3) is 0 Å². The van der Waals surface area contributed by atoms with E-state index >= 15 is 0 Å². The largest absolute Gasteiger partial charge is 0.480 e. The van der Waals surface area contributed by atoms with Crippen LogP contribution in [0.3, 0.4) is 0 Å². The van der Waals surface area contributed by atoms with Gasteiger partial charge in [-0.05, 0) is 51.0 Å². The Morgan fingerprint density at radius 3 is 1.72 bits per heavy atom. The van der Waals surface area contributed by atoms with Crippen LogP contribution in [0.2, 0.25) is 0 Å². The van der Waals surface area contributed by atoms with Crippen LogP contribution in [0.1, 0.15) is 65.2 Å². The third kappa shape index (κ3) is 14.2. The minimum atomic E-state index is -1.28. The predicted octanol–water partition coefficient (Wildman–Crippen LogP) is -2.44. The van der Waals surface area contributed by atoms with Gasteiger partial charge in [-0.3, -0.25) is 24.0 Å². The zero-order valence-corrected chi connectivity index (χ0v) is 21.0. The summed E-state index contributed by atoms with van der Waals surface area (Å²) in [6.07, 6.45) is 0.808. The minimum absolute atomic E-state index is 0.0123. The summed E-state index contributed by atoms with van der Waals surface area (Å²) in [6, 6.07) is -4.66. The molecule has 14 heteroatoms. The minimum Gasteiger partial charge on any atom is -0.480 e. The monoisotopic (exact) mass is 515 g/mol. The van der Waals surface area contributed by atoms with E-state index < -0.39 is 59.7 Å². The van der Waals surface area contributed by atoms with Crippen LogP contribution in [0, 0.1) is 5.92 Å². The molecule has 14 nitrogen and oxygen atoms in total. The zero-order valence-electron chi connectivity index (χ0n) is 21.0. The fraction of sp³-hybridized carbons (Fsp3) is 0.727. The third-order valence-corrected chi connectivity index (χ3v) is 5.25. The molecule has 0 aliphatic carbocycles. The summed E-state index contributed by atoms with van der Waals surface area (Å²) < 4.78 is 0. The van der Waals surface area contributed by atoms with Crippen LogP contribution >= 0.6 is 0 Å². The van der Waals surface area contributed by atoms with E-state index in [0.29, 0.717) is 19.4 Å². The Hall–Kier alpha value is -3.26. The molecule has 0 spiro atoms. The number of unbranched alkanes of at least 4 members (excludes halogenated alkanes) is 1. The van der Waals surface area contributed by atoms with Gasteiger partial charge in [-0.2, -0.15) is 0 Å². The molecule has 12 N–H and O–H groups in total. The summed E-state index contributed by atoms with van der Waals surface area (Å²) in [5.74, 6) is -4.85. The van der Waals surface area contributed by atoms with Gasteiger partial charge in [0.1, 0.15) is 18.1 Å². The van der Waals surface area contributed by atoms with E-state index in [2.05, 4.69) is 16.0 Å². The van der Waals surface area contributed by atoms with Gasteiger partial charge in [0, 0.05) is 12.8 Å². The lowest BCUT2D eigenvalue weighted by molar-refractivity contribution is -0.142. The molecule has 36 heavy (non-hydrogen) atoms. The molecule has 206 valence electrons. The average molecular weight is 516 g/mol. The topological polar surface area (TPSA) is 263 Å². The summed E-state index contributed by atoms with van der Waals surface area (Å²) in [4.78, 5) is 72.1. The Kier molecular flexibility index (Phi) is 15.7. The lowest BCUT2D eigenvalue weighted by Gasteiger charge is -2.26. The number of rotatable bonds is 19. The number of nitrogens with one attached hydrogen (secondary N) is 3. The molecule has 0 aliphatic rings. The summed E-state index contributed by atoms with van der Waals surface area (Å²) in [5, 5.41) is 16.8. The van der Waals surface area contributed by atoms with Gasteiger partial charge in [0.05, 0.1) is 6.04 Å². The van der Waals surface area contributed by atoms with Crippen molar-refractivity contribution in [3.8, 4) is 0 Å². The second kappa shape index (κ2) is 17.2. The fourth-order valence-corrected chi connectivity index (χ4v) is 3.26. The SMILES string of the molecule is CC(C)CC(NC(=O)C(N)CCC(N)=O)C(=O)NC(CCC(N)=O)C(=O)NC(CCCCN)C(=O)O. The van der Waals surface area contributed by atoms with Crippen LogP contribution in [0.5, 0.6) is 0 Å². The van der Waals surface area contributed by atoms with Crippen molar-refractivity contribution < 1.29 is 33.9 Å². The first kappa shape index (κ1) is 32.7. The highest BCUT2D eigenvalue weighted by Crippen LogP contribution is 2.09. The van der Waals surface area contributed by atoms with Crippen molar-refractivity contribution in [3.05, 3.63) is 0 Å². The molecule has 0 bridgehead atoms. The van der Waals surface area contributed by atoms with Crippen molar-refractivity contribution in [2.75, 3.05) is 6.54 Å². The second-order valence-electron chi connectivity index (χ2n) is 9.05. The molecule has 0 aromatic rings. The molecule has 0 radical (unpaired) electrons. The molecule has 0 aromatic heterocycles. The maximum absolute atomic E-state index is 13.0. The molecule has 0 fully saturated rings. The van der Waals surface area contributed by atoms with Crippen LogP contribution in [0.15, 0.2) is 0 Å². The van der Waals surface area contributed by atoms with E-state index in [1.807, 2.05) is 13.8 Å². The molecule has 4 atom stereocenters. The molecular formula is C22H41N7O7. The van der Waals surface area contributed by atoms with Crippen molar-refractivity contribution in [2.24, 2.45) is 28.9 Å². The number of primary amides is 2. The Morgan fingerprint density at radius 2 is 1.22 bits per heavy atom. The van der Waals surface area contributed by atoms with Crippen molar-refractivity contribution in [1.82, 2.24) is 16.0 Å². The number of carbonyl (C=O) groups is 6. The quantitative estimate of drug-likeness (QED) is 0.0848. The van der Waals surface area contributed by atoms with E-state index in [1.54, 1.807) is 0 Å². The van der Waals surface area contributed by atoms with Gasteiger partial charge in [-0.15, -0.1) is 0 Å². The molecule has 0 saturated heterocycles. The van der Waals surface area contributed by atoms with Crippen LogP contribution in [0.4, 0.5) is 0 Å². The molecule has 0 aliphatic heterocycles. The van der Waals surface area contributed by atoms with Crippen LogP contribution in [-0.4, -0.2) is 71.3 Å². The highest BCUT2D eigenvalue weighted by atomic mass is 16.4. The number of amides is 5. The first-order chi connectivity index (χ1) is 16.8. The van der Waals surface area contributed by atoms with Crippen molar-refractivity contribution >= 4 is 35.5 Å². The Bertz CT molecular complexity index is 776. The van der Waals surface area contributed by atoms with Crippen molar-refractivity contribution in [1.29, 1.82) is 0 Å². The number of hydrogen-bond donors (Lipinski definition) is 8. The highest BCUT2D eigenvalue weighted by Gasteiger charge is 2.30. The number of aliphatic carboxylic acids is 1. The van der Waals surface area contributed by atoms with Crippen molar-refractivity contribution in [2.45, 2.75) is 89.4 Å². The number of carboxylic acids is 1. The third-order valence-electron chi connectivity index (χ3n) is 5.25. The maximum atomic E-state index is 13.0. The van der Waals surface area contributed by atoms with E-state index in [4.69, 9.17) is 22.9 Å². The summed E-state index contributed by atoms with van der Waals surface area (Å²) in [7, 11) is 0. The number of nitrogens with two attached hydrogens (primary N) is 4. The number of carboxylic acid groups (broad SMARTS) is 1. The molecule has 4 unspecified atom stereocenters. The van der Waals surface area contributed by atoms with Gasteiger partial charge in [-0.1, -0.05) is 13.8 Å². The highest BCUT2D eigenvalue weighted by molar-refractivity contribution is 5.94. The molecule has 5 amide bonds. The van der Waals surface area contributed by atoms with Crippen LogP contribution < -0.4 is 38.9 Å². The lowest BCUT2D eigenvalue weighted by Crippen LogP contribution is -2.57. The van der Waals surface area contributed by atoms with Gasteiger partial charge in [0.25, 0.3) is 0 Å². The Balaban J connectivity index is 5.52. The summed E-state index contributed by atoms with van der Waals surface area (Å²) in [5.41, 5.74) is 21.5. The van der Waals surface area contributed by atoms with Gasteiger partial charge < -0.3 is 44.0 Å². The lowest BCUT2D eigenvalue weighted by atomic mass is 10.0. The predicted molar refractivity (Wildman–Crippen MR) is 131 cm³/mol. The Morgan fingerprint density at radius 1 is 0.722 bits per heavy atom. The zero-order chi connectivity index (χ0) is 27.8. The van der Waals surface area contributed by atoms with Gasteiger partial charge in [0.15, 0.2) is 0 Å². The molecule has 0 saturated carbocycles. The normalized spacial score (nSPS) is 14.2. The number of carbonyl (C=O) groups excluding carboxylic acids is 5.